The number of carbonyl (C=O) groups excluding carboxylic acids is 1. The number of ether oxygens (including phenoxy) is 1. The zero-order valence-electron chi connectivity index (χ0n) is 12.3. The molecule has 2 rings (SSSR count). The molecule has 1 amide bonds. The van der Waals surface area contributed by atoms with Crippen LogP contribution in [0.2, 0.25) is 0 Å². The molecule has 2 aromatic rings. The molecule has 0 fully saturated rings. The molecule has 1 aromatic heterocycles. The fraction of sp³-hybridized carbons (Fsp3) is 0.267. The number of aromatic nitrogens is 2. The summed E-state index contributed by atoms with van der Waals surface area (Å²) in [4.78, 5) is 20.0. The summed E-state index contributed by atoms with van der Waals surface area (Å²) in [6.07, 6.45) is 0. The Kier molecular flexibility index (Phi) is 4.37. The lowest BCUT2D eigenvalue weighted by Crippen LogP contribution is -2.12. The first-order valence-corrected chi connectivity index (χ1v) is 6.68. The quantitative estimate of drug-likeness (QED) is 0.881. The predicted molar refractivity (Wildman–Crippen MR) is 80.7 cm³/mol. The van der Waals surface area contributed by atoms with Gasteiger partial charge >= 0.3 is 0 Å². The van der Waals surface area contributed by atoms with Crippen molar-refractivity contribution in [1.82, 2.24) is 9.97 Å². The highest BCUT2D eigenvalue weighted by Crippen LogP contribution is 2.29. The van der Waals surface area contributed by atoms with Crippen molar-refractivity contribution in [2.24, 2.45) is 5.73 Å². The second-order valence-electron chi connectivity index (χ2n) is 4.54. The molecule has 1 heterocycles. The van der Waals surface area contributed by atoms with Crippen LogP contribution in [0.4, 0.5) is 5.82 Å². The maximum Gasteiger partial charge on any atom is 0.252 e. The molecule has 1 aromatic carbocycles. The van der Waals surface area contributed by atoms with Crippen molar-refractivity contribution in [1.29, 1.82) is 0 Å². The first-order chi connectivity index (χ1) is 10.0. The van der Waals surface area contributed by atoms with Gasteiger partial charge in [0.15, 0.2) is 0 Å². The number of hydrogen-bond acceptors (Lipinski definition) is 5. The van der Waals surface area contributed by atoms with Crippen molar-refractivity contribution < 1.29 is 9.53 Å². The van der Waals surface area contributed by atoms with E-state index < -0.39 is 5.91 Å². The molecule has 0 saturated carbocycles. The smallest absolute Gasteiger partial charge is 0.252 e. The first kappa shape index (κ1) is 14.8. The van der Waals surface area contributed by atoms with Crippen molar-refractivity contribution >= 4 is 11.7 Å². The van der Waals surface area contributed by atoms with Crippen LogP contribution in [0.3, 0.4) is 0 Å². The number of benzene rings is 1. The second kappa shape index (κ2) is 6.21. The number of carbonyl (C=O) groups is 1. The minimum atomic E-state index is -0.541. The monoisotopic (exact) mass is 286 g/mol. The summed E-state index contributed by atoms with van der Waals surface area (Å²) in [5, 5.41) is 3.16. The number of para-hydroxylation sites is 1. The molecule has 6 heteroatoms. The van der Waals surface area contributed by atoms with E-state index in [1.165, 1.54) is 0 Å². The Hall–Kier alpha value is -2.63. The van der Waals surface area contributed by atoms with Gasteiger partial charge < -0.3 is 15.8 Å². The third kappa shape index (κ3) is 3.28. The molecule has 0 radical (unpaired) electrons. The minimum absolute atomic E-state index is 0.318. The summed E-state index contributed by atoms with van der Waals surface area (Å²) >= 11 is 0. The van der Waals surface area contributed by atoms with Gasteiger partial charge in [-0.3, -0.25) is 4.79 Å². The van der Waals surface area contributed by atoms with Crippen LogP contribution in [-0.4, -0.2) is 22.4 Å². The highest BCUT2D eigenvalue weighted by atomic mass is 16.5. The lowest BCUT2D eigenvalue weighted by molar-refractivity contribution is 0.0998. The maximum atomic E-state index is 11.4. The summed E-state index contributed by atoms with van der Waals surface area (Å²) in [5.74, 6) is 1.56. The predicted octanol–water partition coefficient (Wildman–Crippen LogP) is 2.42. The van der Waals surface area contributed by atoms with E-state index in [0.717, 1.165) is 17.9 Å². The van der Waals surface area contributed by atoms with Gasteiger partial charge in [0.05, 0.1) is 11.1 Å². The van der Waals surface area contributed by atoms with Gasteiger partial charge in [0, 0.05) is 6.54 Å². The number of nitrogens with two attached hydrogens (primary N) is 1. The Morgan fingerprint density at radius 2 is 2.00 bits per heavy atom. The fourth-order valence-corrected chi connectivity index (χ4v) is 1.91. The van der Waals surface area contributed by atoms with Crippen molar-refractivity contribution in [3.63, 3.8) is 0 Å². The third-order valence-electron chi connectivity index (χ3n) is 2.92. The number of anilines is 1. The van der Waals surface area contributed by atoms with Gasteiger partial charge in [-0.25, -0.2) is 4.98 Å². The van der Waals surface area contributed by atoms with Crippen molar-refractivity contribution in [3.05, 3.63) is 41.2 Å². The number of nitrogens with zero attached hydrogens (tertiary/aromatic N) is 2. The molecule has 0 saturated heterocycles. The van der Waals surface area contributed by atoms with E-state index in [-0.39, 0.29) is 0 Å². The number of aryl methyl sites for hydroxylation is 1. The summed E-state index contributed by atoms with van der Waals surface area (Å²) in [6, 6.07) is 6.81. The summed E-state index contributed by atoms with van der Waals surface area (Å²) in [6.45, 7) is 6.38. The molecule has 0 bridgehead atoms. The Morgan fingerprint density at radius 3 is 2.67 bits per heavy atom. The van der Waals surface area contributed by atoms with Crippen LogP contribution >= 0.6 is 0 Å². The lowest BCUT2D eigenvalue weighted by atomic mass is 10.2. The molecule has 3 N–H and O–H groups in total. The highest BCUT2D eigenvalue weighted by molar-refractivity contribution is 5.95. The molecular weight excluding hydrogens is 268 g/mol. The zero-order chi connectivity index (χ0) is 15.4. The van der Waals surface area contributed by atoms with Crippen LogP contribution in [0.25, 0.3) is 0 Å². The van der Waals surface area contributed by atoms with E-state index in [9.17, 15) is 4.79 Å². The SMILES string of the molecule is CCNc1nc(C)nc(Oc2ccccc2C(N)=O)c1C. The summed E-state index contributed by atoms with van der Waals surface area (Å²) < 4.78 is 5.78. The molecule has 110 valence electrons. The van der Waals surface area contributed by atoms with E-state index >= 15 is 0 Å². The van der Waals surface area contributed by atoms with Gasteiger partial charge in [-0.05, 0) is 32.9 Å². The largest absolute Gasteiger partial charge is 0.438 e. The van der Waals surface area contributed by atoms with Crippen LogP contribution < -0.4 is 15.8 Å². The van der Waals surface area contributed by atoms with Crippen LogP contribution in [0.15, 0.2) is 24.3 Å². The van der Waals surface area contributed by atoms with E-state index in [0.29, 0.717) is 23.0 Å². The number of primary amides is 1. The van der Waals surface area contributed by atoms with E-state index in [2.05, 4.69) is 15.3 Å². The molecule has 0 aliphatic heterocycles. The Labute approximate surface area is 123 Å². The standard InChI is InChI=1S/C15H18N4O2/c1-4-17-14-9(2)15(19-10(3)18-14)21-12-8-6-5-7-11(12)13(16)20/h5-8H,4H2,1-3H3,(H2,16,20)(H,17,18,19). The lowest BCUT2D eigenvalue weighted by Gasteiger charge is -2.13. The number of amides is 1. The van der Waals surface area contributed by atoms with E-state index in [4.69, 9.17) is 10.5 Å². The van der Waals surface area contributed by atoms with Gasteiger partial charge in [0.2, 0.25) is 5.88 Å². The molecule has 6 nitrogen and oxygen atoms in total. The van der Waals surface area contributed by atoms with Crippen LogP contribution in [0.1, 0.15) is 28.7 Å². The Morgan fingerprint density at radius 1 is 1.29 bits per heavy atom. The zero-order valence-corrected chi connectivity index (χ0v) is 12.3. The molecule has 21 heavy (non-hydrogen) atoms. The van der Waals surface area contributed by atoms with E-state index in [1.807, 2.05) is 13.8 Å². The van der Waals surface area contributed by atoms with Gasteiger partial charge in [-0.1, -0.05) is 12.1 Å². The topological polar surface area (TPSA) is 90.1 Å². The Bertz CT molecular complexity index is 671. The van der Waals surface area contributed by atoms with Crippen molar-refractivity contribution in [2.45, 2.75) is 20.8 Å². The Balaban J connectivity index is 2.42. The first-order valence-electron chi connectivity index (χ1n) is 6.68. The molecule has 0 aliphatic carbocycles. The van der Waals surface area contributed by atoms with Crippen LogP contribution in [-0.2, 0) is 0 Å². The minimum Gasteiger partial charge on any atom is -0.438 e. The molecule has 0 aliphatic rings. The molecule has 0 atom stereocenters. The number of rotatable bonds is 5. The van der Waals surface area contributed by atoms with Gasteiger partial charge in [-0.2, -0.15) is 4.98 Å². The molecule has 0 unspecified atom stereocenters. The average Bonchev–Trinajstić information content (AvgIpc) is 2.44. The second-order valence-corrected chi connectivity index (χ2v) is 4.54. The molecule has 0 spiro atoms. The fourth-order valence-electron chi connectivity index (χ4n) is 1.91. The number of hydrogen-bond donors (Lipinski definition) is 2. The number of nitrogens with one attached hydrogen (secondary N) is 1. The summed E-state index contributed by atoms with van der Waals surface area (Å²) in [5.41, 5.74) is 6.45. The van der Waals surface area contributed by atoms with Gasteiger partial charge in [-0.15, -0.1) is 0 Å². The molecular formula is C15H18N4O2. The summed E-state index contributed by atoms with van der Waals surface area (Å²) in [7, 11) is 0. The van der Waals surface area contributed by atoms with Crippen molar-refractivity contribution in [3.8, 4) is 11.6 Å². The normalized spacial score (nSPS) is 10.2. The maximum absolute atomic E-state index is 11.4. The third-order valence-corrected chi connectivity index (χ3v) is 2.92. The van der Waals surface area contributed by atoms with Crippen LogP contribution in [0, 0.1) is 13.8 Å². The van der Waals surface area contributed by atoms with Crippen LogP contribution in [0.5, 0.6) is 11.6 Å². The van der Waals surface area contributed by atoms with E-state index in [1.54, 1.807) is 31.2 Å². The van der Waals surface area contributed by atoms with Gasteiger partial charge in [0.25, 0.3) is 5.91 Å². The van der Waals surface area contributed by atoms with Crippen molar-refractivity contribution in [2.75, 3.05) is 11.9 Å². The average molecular weight is 286 g/mol. The van der Waals surface area contributed by atoms with Gasteiger partial charge in [0.1, 0.15) is 17.4 Å². The highest BCUT2D eigenvalue weighted by Gasteiger charge is 2.14.